The summed E-state index contributed by atoms with van der Waals surface area (Å²) in [5.41, 5.74) is 0. The van der Waals surface area contributed by atoms with Gasteiger partial charge in [-0.1, -0.05) is 16.9 Å². The van der Waals surface area contributed by atoms with Gasteiger partial charge >= 0.3 is 0 Å². The molecule has 0 atom stereocenters. The van der Waals surface area contributed by atoms with Crippen molar-refractivity contribution in [1.29, 1.82) is 0 Å². The molecule has 1 aromatic heterocycles. The number of aromatic nitrogens is 1. The van der Waals surface area contributed by atoms with E-state index in [1.54, 1.807) is 27.8 Å². The lowest BCUT2D eigenvalue weighted by Crippen LogP contribution is -2.09. The average molecular weight is 303 g/mol. The van der Waals surface area contributed by atoms with Crippen LogP contribution in [0.25, 0.3) is 0 Å². The van der Waals surface area contributed by atoms with Gasteiger partial charge in [0.15, 0.2) is 0 Å². The Morgan fingerprint density at radius 3 is 2.63 bits per heavy atom. The molecule has 0 aromatic carbocycles. The molecule has 0 aliphatic heterocycles. The molecule has 7 heteroatoms. The largest absolute Gasteiger partial charge is 0.465 e. The quantitative estimate of drug-likeness (QED) is 0.332. The van der Waals surface area contributed by atoms with E-state index in [9.17, 15) is 4.79 Å². The van der Waals surface area contributed by atoms with Gasteiger partial charge in [-0.2, -0.15) is 0 Å². The molecule has 5 nitrogen and oxygen atoms in total. The fraction of sp³-hybridized carbons (Fsp3) is 0.500. The van der Waals surface area contributed by atoms with Crippen molar-refractivity contribution in [2.45, 2.75) is 5.03 Å². The zero-order chi connectivity index (χ0) is 13.6. The number of hydrogen-bond acceptors (Lipinski definition) is 7. The SMILES string of the molecule is O=COCCOCCOCCSSc1ccccn1. The van der Waals surface area contributed by atoms with Gasteiger partial charge in [-0.3, -0.25) is 4.79 Å². The molecule has 1 rings (SSSR count). The maximum absolute atomic E-state index is 9.83. The van der Waals surface area contributed by atoms with Crippen LogP contribution in [0, 0.1) is 0 Å². The third kappa shape index (κ3) is 9.77. The predicted molar refractivity (Wildman–Crippen MR) is 76.2 cm³/mol. The van der Waals surface area contributed by atoms with E-state index in [0.717, 1.165) is 10.8 Å². The summed E-state index contributed by atoms with van der Waals surface area (Å²) in [4.78, 5) is 14.0. The normalized spacial score (nSPS) is 10.3. The summed E-state index contributed by atoms with van der Waals surface area (Å²) in [6.45, 7) is 2.86. The lowest BCUT2D eigenvalue weighted by molar-refractivity contribution is -0.130. The van der Waals surface area contributed by atoms with Crippen LogP contribution in [0.5, 0.6) is 0 Å². The van der Waals surface area contributed by atoms with Crippen LogP contribution in [0.3, 0.4) is 0 Å². The molecule has 0 radical (unpaired) electrons. The molecule has 0 N–H and O–H groups in total. The predicted octanol–water partition coefficient (Wildman–Crippen LogP) is 2.03. The average Bonchev–Trinajstić information content (AvgIpc) is 2.46. The van der Waals surface area contributed by atoms with Crippen LogP contribution >= 0.6 is 21.6 Å². The van der Waals surface area contributed by atoms with E-state index in [4.69, 9.17) is 9.47 Å². The van der Waals surface area contributed by atoms with Gasteiger partial charge in [-0.25, -0.2) is 4.98 Å². The van der Waals surface area contributed by atoms with Crippen LogP contribution in [0.15, 0.2) is 29.4 Å². The molecule has 106 valence electrons. The summed E-state index contributed by atoms with van der Waals surface area (Å²) in [5, 5.41) is 1.01. The Morgan fingerprint density at radius 2 is 1.89 bits per heavy atom. The number of hydrogen-bond donors (Lipinski definition) is 0. The maximum atomic E-state index is 9.83. The lowest BCUT2D eigenvalue weighted by Gasteiger charge is -2.05. The van der Waals surface area contributed by atoms with Crippen molar-refractivity contribution in [2.24, 2.45) is 0 Å². The second-order valence-electron chi connectivity index (χ2n) is 3.27. The Bertz CT molecular complexity index is 327. The van der Waals surface area contributed by atoms with Crippen LogP contribution in [-0.2, 0) is 19.0 Å². The smallest absolute Gasteiger partial charge is 0.293 e. The number of nitrogens with zero attached hydrogens (tertiary/aromatic N) is 1. The summed E-state index contributed by atoms with van der Waals surface area (Å²) in [6, 6.07) is 5.85. The number of pyridine rings is 1. The van der Waals surface area contributed by atoms with Crippen LogP contribution in [-0.4, -0.2) is 50.2 Å². The zero-order valence-corrected chi connectivity index (χ0v) is 12.2. The third-order valence-corrected chi connectivity index (χ3v) is 4.11. The van der Waals surface area contributed by atoms with Crippen LogP contribution in [0.1, 0.15) is 0 Å². The van der Waals surface area contributed by atoms with Crippen molar-refractivity contribution in [1.82, 2.24) is 4.98 Å². The molecule has 0 saturated heterocycles. The van der Waals surface area contributed by atoms with Crippen molar-refractivity contribution >= 4 is 28.1 Å². The highest BCUT2D eigenvalue weighted by molar-refractivity contribution is 8.76. The minimum absolute atomic E-state index is 0.292. The molecular formula is C12H17NO4S2. The Hall–Kier alpha value is -0.760. The molecule has 0 aliphatic carbocycles. The highest BCUT2D eigenvalue weighted by Crippen LogP contribution is 2.28. The standard InChI is InChI=1S/C12H17NO4S2/c14-11-17-8-7-15-5-6-16-9-10-18-19-12-3-1-2-4-13-12/h1-4,11H,5-10H2. The fourth-order valence-electron chi connectivity index (χ4n) is 1.07. The summed E-state index contributed by atoms with van der Waals surface area (Å²) in [5.74, 6) is 0.898. The molecule has 0 amide bonds. The van der Waals surface area contributed by atoms with Crippen LogP contribution < -0.4 is 0 Å². The zero-order valence-electron chi connectivity index (χ0n) is 10.5. The fourth-order valence-corrected chi connectivity index (χ4v) is 2.81. The molecule has 0 bridgehead atoms. The molecule has 1 aromatic rings. The van der Waals surface area contributed by atoms with Gasteiger partial charge in [0.1, 0.15) is 11.6 Å². The van der Waals surface area contributed by atoms with E-state index in [0.29, 0.717) is 39.5 Å². The van der Waals surface area contributed by atoms with Gasteiger partial charge in [0.25, 0.3) is 6.47 Å². The van der Waals surface area contributed by atoms with Crippen molar-refractivity contribution < 1.29 is 19.0 Å². The Kier molecular flexibility index (Phi) is 10.5. The van der Waals surface area contributed by atoms with Gasteiger partial charge in [-0.05, 0) is 22.9 Å². The molecule has 19 heavy (non-hydrogen) atoms. The van der Waals surface area contributed by atoms with E-state index >= 15 is 0 Å². The first kappa shape index (κ1) is 16.3. The number of ether oxygens (including phenoxy) is 3. The van der Waals surface area contributed by atoms with E-state index in [1.165, 1.54) is 0 Å². The summed E-state index contributed by atoms with van der Waals surface area (Å²) < 4.78 is 15.0. The van der Waals surface area contributed by atoms with Gasteiger partial charge in [-0.15, -0.1) is 0 Å². The first-order chi connectivity index (χ1) is 9.43. The third-order valence-electron chi connectivity index (χ3n) is 1.88. The second kappa shape index (κ2) is 12.3. The van der Waals surface area contributed by atoms with Crippen LogP contribution in [0.2, 0.25) is 0 Å². The highest BCUT2D eigenvalue weighted by atomic mass is 33.1. The monoisotopic (exact) mass is 303 g/mol. The number of carbonyl (C=O) groups is 1. The van der Waals surface area contributed by atoms with Gasteiger partial charge < -0.3 is 14.2 Å². The highest BCUT2D eigenvalue weighted by Gasteiger charge is 1.95. The van der Waals surface area contributed by atoms with E-state index < -0.39 is 0 Å². The molecule has 1 heterocycles. The minimum Gasteiger partial charge on any atom is -0.465 e. The van der Waals surface area contributed by atoms with Crippen molar-refractivity contribution in [2.75, 3.05) is 38.8 Å². The number of carbonyl (C=O) groups excluding carboxylic acids is 1. The molecule has 0 unspecified atom stereocenters. The Balaban J connectivity index is 1.80. The van der Waals surface area contributed by atoms with E-state index in [2.05, 4.69) is 9.72 Å². The summed E-state index contributed by atoms with van der Waals surface area (Å²) >= 11 is 0. The summed E-state index contributed by atoms with van der Waals surface area (Å²) in [7, 11) is 3.35. The summed E-state index contributed by atoms with van der Waals surface area (Å²) in [6.07, 6.45) is 1.78. The first-order valence-electron chi connectivity index (χ1n) is 5.84. The lowest BCUT2D eigenvalue weighted by atomic mass is 10.5. The Morgan fingerprint density at radius 1 is 1.11 bits per heavy atom. The van der Waals surface area contributed by atoms with Crippen molar-refractivity contribution in [3.63, 3.8) is 0 Å². The van der Waals surface area contributed by atoms with Crippen LogP contribution in [0.4, 0.5) is 0 Å². The molecule has 0 fully saturated rings. The maximum Gasteiger partial charge on any atom is 0.293 e. The van der Waals surface area contributed by atoms with E-state index in [1.807, 2.05) is 18.2 Å². The first-order valence-corrected chi connectivity index (χ1v) is 8.16. The molecule has 0 aliphatic rings. The van der Waals surface area contributed by atoms with Crippen molar-refractivity contribution in [3.05, 3.63) is 24.4 Å². The van der Waals surface area contributed by atoms with Crippen molar-refractivity contribution in [3.8, 4) is 0 Å². The van der Waals surface area contributed by atoms with Gasteiger partial charge in [0.05, 0.1) is 26.4 Å². The topological polar surface area (TPSA) is 57.7 Å². The molecular weight excluding hydrogens is 286 g/mol. The van der Waals surface area contributed by atoms with Gasteiger partial charge in [0.2, 0.25) is 0 Å². The molecule has 0 saturated carbocycles. The van der Waals surface area contributed by atoms with Gasteiger partial charge in [0, 0.05) is 11.9 Å². The second-order valence-corrected chi connectivity index (χ2v) is 5.70. The molecule has 0 spiro atoms. The van der Waals surface area contributed by atoms with E-state index in [-0.39, 0.29) is 0 Å². The minimum atomic E-state index is 0.292. The number of rotatable bonds is 12. The Labute approximate surface area is 120 Å².